The molecule has 0 bridgehead atoms. The average Bonchev–Trinajstić information content (AvgIpc) is 2.36. The summed E-state index contributed by atoms with van der Waals surface area (Å²) < 4.78 is 0. The first-order chi connectivity index (χ1) is 8.17. The number of halogens is 1. The van der Waals surface area contributed by atoms with Crippen LogP contribution in [-0.4, -0.2) is 29.4 Å². The van der Waals surface area contributed by atoms with Gasteiger partial charge in [-0.25, -0.2) is 0 Å². The van der Waals surface area contributed by atoms with Gasteiger partial charge >= 0.3 is 0 Å². The van der Waals surface area contributed by atoms with E-state index in [1.54, 1.807) is 12.1 Å². The van der Waals surface area contributed by atoms with Gasteiger partial charge in [-0.15, -0.1) is 11.6 Å². The number of aliphatic hydroxyl groups is 1. The van der Waals surface area contributed by atoms with Crippen LogP contribution in [0.25, 0.3) is 0 Å². The number of carbonyl (C=O) groups is 1. The van der Waals surface area contributed by atoms with Crippen LogP contribution in [0.5, 0.6) is 0 Å². The first-order valence-electron chi connectivity index (χ1n) is 5.78. The minimum Gasteiger partial charge on any atom is -0.390 e. The van der Waals surface area contributed by atoms with Crippen molar-refractivity contribution in [1.82, 2.24) is 0 Å². The van der Waals surface area contributed by atoms with Crippen LogP contribution in [-0.2, 0) is 0 Å². The van der Waals surface area contributed by atoms with Gasteiger partial charge in [0.15, 0.2) is 5.78 Å². The minimum atomic E-state index is -0.557. The molecule has 0 aromatic heterocycles. The van der Waals surface area contributed by atoms with Crippen molar-refractivity contribution in [1.29, 1.82) is 0 Å². The molecule has 17 heavy (non-hydrogen) atoms. The maximum absolute atomic E-state index is 11.6. The van der Waals surface area contributed by atoms with Gasteiger partial charge in [0.05, 0.1) is 12.0 Å². The summed E-state index contributed by atoms with van der Waals surface area (Å²) in [6.45, 7) is 2.40. The number of aliphatic hydroxyl groups excluding tert-OH is 1. The van der Waals surface area contributed by atoms with Gasteiger partial charge in [-0.2, -0.15) is 0 Å². The molecule has 0 spiro atoms. The predicted octanol–water partition coefficient (Wildman–Crippen LogP) is 2.68. The molecule has 0 aliphatic heterocycles. The van der Waals surface area contributed by atoms with Crippen molar-refractivity contribution in [2.24, 2.45) is 0 Å². The quantitative estimate of drug-likeness (QED) is 0.582. The summed E-state index contributed by atoms with van der Waals surface area (Å²) in [6.07, 6.45) is 0.886. The van der Waals surface area contributed by atoms with Gasteiger partial charge in [-0.05, 0) is 30.7 Å². The van der Waals surface area contributed by atoms with Crippen molar-refractivity contribution in [2.45, 2.75) is 25.9 Å². The number of ketones is 1. The Kier molecular flexibility index (Phi) is 6.01. The van der Waals surface area contributed by atoms with Crippen LogP contribution in [0.1, 0.15) is 30.1 Å². The molecule has 0 aliphatic rings. The molecule has 0 fully saturated rings. The molecule has 0 saturated heterocycles. The van der Waals surface area contributed by atoms with Crippen molar-refractivity contribution in [2.75, 3.05) is 17.7 Å². The Morgan fingerprint density at radius 2 is 2.06 bits per heavy atom. The van der Waals surface area contributed by atoms with Crippen molar-refractivity contribution in [3.63, 3.8) is 0 Å². The Labute approximate surface area is 107 Å². The van der Waals surface area contributed by atoms with Crippen LogP contribution < -0.4 is 5.32 Å². The molecular weight excluding hydrogens is 238 g/mol. The molecule has 4 heteroatoms. The highest BCUT2D eigenvalue weighted by Crippen LogP contribution is 2.12. The molecule has 0 heterocycles. The topological polar surface area (TPSA) is 49.3 Å². The standard InChI is InChI=1S/C13H18ClNO2/c1-2-3-13(17)10-4-6-11(7-5-10)15-9-12(16)8-14/h4-7,12,15-16H,2-3,8-9H2,1H3. The Bertz CT molecular complexity index is 351. The number of hydrogen-bond acceptors (Lipinski definition) is 3. The van der Waals surface area contributed by atoms with E-state index in [9.17, 15) is 9.90 Å². The average molecular weight is 256 g/mol. The molecule has 1 unspecified atom stereocenters. The van der Waals surface area contributed by atoms with Crippen LogP contribution in [0.3, 0.4) is 0 Å². The maximum Gasteiger partial charge on any atom is 0.162 e. The summed E-state index contributed by atoms with van der Waals surface area (Å²) in [4.78, 5) is 11.6. The molecule has 0 radical (unpaired) electrons. The Morgan fingerprint density at radius 1 is 1.41 bits per heavy atom. The van der Waals surface area contributed by atoms with E-state index in [2.05, 4.69) is 5.32 Å². The molecule has 1 aromatic carbocycles. The van der Waals surface area contributed by atoms with E-state index >= 15 is 0 Å². The number of Topliss-reactive ketones (excluding diaryl/α,β-unsaturated/α-hetero) is 1. The molecule has 1 aromatic rings. The van der Waals surface area contributed by atoms with E-state index in [0.717, 1.165) is 17.7 Å². The van der Waals surface area contributed by atoms with Gasteiger partial charge in [-0.3, -0.25) is 4.79 Å². The molecule has 2 N–H and O–H groups in total. The number of anilines is 1. The normalized spacial score (nSPS) is 12.2. The number of benzene rings is 1. The van der Waals surface area contributed by atoms with E-state index < -0.39 is 6.10 Å². The van der Waals surface area contributed by atoms with E-state index in [1.165, 1.54) is 0 Å². The molecule has 3 nitrogen and oxygen atoms in total. The third-order valence-corrected chi connectivity index (χ3v) is 2.76. The molecular formula is C13H18ClNO2. The number of nitrogens with one attached hydrogen (secondary N) is 1. The van der Waals surface area contributed by atoms with Crippen LogP contribution >= 0.6 is 11.6 Å². The Hall–Kier alpha value is -1.06. The summed E-state index contributed by atoms with van der Waals surface area (Å²) in [7, 11) is 0. The van der Waals surface area contributed by atoms with Crippen molar-refractivity contribution in [3.05, 3.63) is 29.8 Å². The fourth-order valence-corrected chi connectivity index (χ4v) is 1.54. The molecule has 0 saturated carbocycles. The second-order valence-electron chi connectivity index (χ2n) is 3.94. The van der Waals surface area contributed by atoms with Gasteiger partial charge in [0, 0.05) is 24.2 Å². The summed E-state index contributed by atoms with van der Waals surface area (Å²) in [5, 5.41) is 12.3. The zero-order valence-corrected chi connectivity index (χ0v) is 10.7. The zero-order chi connectivity index (χ0) is 12.7. The lowest BCUT2D eigenvalue weighted by Gasteiger charge is -2.10. The van der Waals surface area contributed by atoms with Crippen molar-refractivity contribution >= 4 is 23.1 Å². The second-order valence-corrected chi connectivity index (χ2v) is 4.25. The van der Waals surface area contributed by atoms with E-state index in [0.29, 0.717) is 13.0 Å². The summed E-state index contributed by atoms with van der Waals surface area (Å²) in [5.74, 6) is 0.375. The highest BCUT2D eigenvalue weighted by atomic mass is 35.5. The zero-order valence-electron chi connectivity index (χ0n) is 9.95. The van der Waals surface area contributed by atoms with Crippen molar-refractivity contribution < 1.29 is 9.90 Å². The number of hydrogen-bond donors (Lipinski definition) is 2. The summed E-state index contributed by atoms with van der Waals surface area (Å²) >= 11 is 5.49. The first-order valence-corrected chi connectivity index (χ1v) is 6.32. The third kappa shape index (κ3) is 4.75. The van der Waals surface area contributed by atoms with Crippen LogP contribution in [0.15, 0.2) is 24.3 Å². The summed E-state index contributed by atoms with van der Waals surface area (Å²) in [5.41, 5.74) is 1.61. The highest BCUT2D eigenvalue weighted by molar-refractivity contribution is 6.18. The van der Waals surface area contributed by atoms with Gasteiger partial charge in [-0.1, -0.05) is 6.92 Å². The second kappa shape index (κ2) is 7.30. The first kappa shape index (κ1) is 14.0. The minimum absolute atomic E-state index is 0.167. The maximum atomic E-state index is 11.6. The van der Waals surface area contributed by atoms with E-state index in [-0.39, 0.29) is 11.7 Å². The molecule has 1 atom stereocenters. The lowest BCUT2D eigenvalue weighted by molar-refractivity contribution is 0.0981. The van der Waals surface area contributed by atoms with E-state index in [4.69, 9.17) is 11.6 Å². The highest BCUT2D eigenvalue weighted by Gasteiger charge is 2.05. The van der Waals surface area contributed by atoms with Crippen molar-refractivity contribution in [3.8, 4) is 0 Å². The lowest BCUT2D eigenvalue weighted by Crippen LogP contribution is -2.20. The van der Waals surface area contributed by atoms with Gasteiger partial charge in [0.25, 0.3) is 0 Å². The summed E-state index contributed by atoms with van der Waals surface area (Å²) in [6, 6.07) is 7.27. The molecule has 0 aliphatic carbocycles. The van der Waals surface area contributed by atoms with Crippen LogP contribution in [0, 0.1) is 0 Å². The lowest BCUT2D eigenvalue weighted by atomic mass is 10.1. The SMILES string of the molecule is CCCC(=O)c1ccc(NCC(O)CCl)cc1. The van der Waals surface area contributed by atoms with Crippen LogP contribution in [0.4, 0.5) is 5.69 Å². The molecule has 0 amide bonds. The van der Waals surface area contributed by atoms with Crippen LogP contribution in [0.2, 0.25) is 0 Å². The fourth-order valence-electron chi connectivity index (χ4n) is 1.44. The Morgan fingerprint density at radius 3 is 2.59 bits per heavy atom. The monoisotopic (exact) mass is 255 g/mol. The fraction of sp³-hybridized carbons (Fsp3) is 0.462. The number of carbonyl (C=O) groups excluding carboxylic acids is 1. The molecule has 1 rings (SSSR count). The van der Waals surface area contributed by atoms with E-state index in [1.807, 2.05) is 19.1 Å². The number of alkyl halides is 1. The predicted molar refractivity (Wildman–Crippen MR) is 70.9 cm³/mol. The van der Waals surface area contributed by atoms with Gasteiger partial charge in [0.1, 0.15) is 0 Å². The van der Waals surface area contributed by atoms with Gasteiger partial charge < -0.3 is 10.4 Å². The smallest absolute Gasteiger partial charge is 0.162 e. The van der Waals surface area contributed by atoms with Gasteiger partial charge in [0.2, 0.25) is 0 Å². The largest absolute Gasteiger partial charge is 0.390 e. The Balaban J connectivity index is 2.53. The third-order valence-electron chi connectivity index (χ3n) is 2.40. The molecule has 94 valence electrons. The number of rotatable bonds is 7.